The second-order valence-electron chi connectivity index (χ2n) is 4.49. The van der Waals surface area contributed by atoms with Crippen LogP contribution in [0.2, 0.25) is 5.02 Å². The third-order valence-electron chi connectivity index (χ3n) is 3.02. The van der Waals surface area contributed by atoms with Gasteiger partial charge in [0.05, 0.1) is 5.56 Å². The Morgan fingerprint density at radius 3 is 2.57 bits per heavy atom. The van der Waals surface area contributed by atoms with E-state index in [4.69, 9.17) is 22.5 Å². The van der Waals surface area contributed by atoms with Gasteiger partial charge in [0.15, 0.2) is 5.84 Å². The molecule has 0 atom stereocenters. The quantitative estimate of drug-likeness (QED) is 0.344. The predicted octanol–water partition coefficient (Wildman–Crippen LogP) is 2.86. The topological polar surface area (TPSA) is 70.6 Å². The van der Waals surface area contributed by atoms with Gasteiger partial charge >= 0.3 is 0 Å². The van der Waals surface area contributed by atoms with Gasteiger partial charge in [0.25, 0.3) is 0 Å². The maximum Gasteiger partial charge on any atom is 0.173 e. The van der Waals surface area contributed by atoms with Crippen molar-refractivity contribution in [2.24, 2.45) is 10.9 Å². The zero-order chi connectivity index (χ0) is 15.2. The Hall–Kier alpha value is -2.11. The minimum atomic E-state index is -0.489. The van der Waals surface area contributed by atoms with Gasteiger partial charge in [-0.2, -0.15) is 0 Å². The van der Waals surface area contributed by atoms with Gasteiger partial charge in [-0.15, -0.1) is 0 Å². The molecule has 0 aliphatic heterocycles. The number of nitrogens with one attached hydrogen (secondary N) is 1. The lowest BCUT2D eigenvalue weighted by atomic mass is 10.1. The third-order valence-corrected chi connectivity index (χ3v) is 3.27. The normalized spacial score (nSPS) is 11.6. The standard InChI is InChI=1S/C15H15ClFN3O/c16-12-6-4-10(5-7-12)8-19-9-11-2-1-3-13(14(11)17)15(18)20-21/h1-7,19,21H,8-9H2,(H2,18,20). The Morgan fingerprint density at radius 2 is 1.90 bits per heavy atom. The molecule has 0 fully saturated rings. The van der Waals surface area contributed by atoms with Crippen LogP contribution in [0.1, 0.15) is 16.7 Å². The maximum atomic E-state index is 14.2. The smallest absolute Gasteiger partial charge is 0.173 e. The molecule has 4 N–H and O–H groups in total. The average Bonchev–Trinajstić information content (AvgIpc) is 2.50. The van der Waals surface area contributed by atoms with Crippen LogP contribution in [0.5, 0.6) is 0 Å². The summed E-state index contributed by atoms with van der Waals surface area (Å²) < 4.78 is 14.2. The Balaban J connectivity index is 2.02. The Labute approximate surface area is 127 Å². The molecule has 0 radical (unpaired) electrons. The molecule has 0 bridgehead atoms. The fourth-order valence-electron chi connectivity index (χ4n) is 1.91. The van der Waals surface area contributed by atoms with Crippen molar-refractivity contribution in [3.8, 4) is 0 Å². The van der Waals surface area contributed by atoms with Gasteiger partial charge in [0.1, 0.15) is 5.82 Å². The van der Waals surface area contributed by atoms with Crippen molar-refractivity contribution in [2.75, 3.05) is 0 Å². The number of nitrogens with zero attached hydrogens (tertiary/aromatic N) is 1. The number of benzene rings is 2. The minimum Gasteiger partial charge on any atom is -0.409 e. The third kappa shape index (κ3) is 3.93. The summed E-state index contributed by atoms with van der Waals surface area (Å²) in [5.74, 6) is -0.733. The molecule has 0 unspecified atom stereocenters. The summed E-state index contributed by atoms with van der Waals surface area (Å²) in [4.78, 5) is 0. The van der Waals surface area contributed by atoms with Crippen molar-refractivity contribution in [1.82, 2.24) is 5.32 Å². The van der Waals surface area contributed by atoms with Crippen LogP contribution in [0.15, 0.2) is 47.6 Å². The molecular formula is C15H15ClFN3O. The van der Waals surface area contributed by atoms with Crippen LogP contribution in [0.25, 0.3) is 0 Å². The Morgan fingerprint density at radius 1 is 1.19 bits per heavy atom. The average molecular weight is 308 g/mol. The van der Waals surface area contributed by atoms with E-state index in [1.807, 2.05) is 12.1 Å². The summed E-state index contributed by atoms with van der Waals surface area (Å²) in [5.41, 5.74) is 7.01. The van der Waals surface area contributed by atoms with E-state index in [0.717, 1.165) is 5.56 Å². The second kappa shape index (κ2) is 7.06. The van der Waals surface area contributed by atoms with Crippen molar-refractivity contribution in [2.45, 2.75) is 13.1 Å². The number of hydrogen-bond donors (Lipinski definition) is 3. The fourth-order valence-corrected chi connectivity index (χ4v) is 2.04. The molecule has 0 spiro atoms. The molecule has 0 aromatic heterocycles. The highest BCUT2D eigenvalue weighted by atomic mass is 35.5. The summed E-state index contributed by atoms with van der Waals surface area (Å²) in [7, 11) is 0. The lowest BCUT2D eigenvalue weighted by Crippen LogP contribution is -2.18. The maximum absolute atomic E-state index is 14.2. The first-order valence-corrected chi connectivity index (χ1v) is 6.70. The molecule has 21 heavy (non-hydrogen) atoms. The first-order valence-electron chi connectivity index (χ1n) is 6.32. The number of rotatable bonds is 5. The highest BCUT2D eigenvalue weighted by molar-refractivity contribution is 6.30. The minimum absolute atomic E-state index is 0.0864. The summed E-state index contributed by atoms with van der Waals surface area (Å²) in [6, 6.07) is 12.2. The van der Waals surface area contributed by atoms with Gasteiger partial charge in [0.2, 0.25) is 0 Å². The van der Waals surface area contributed by atoms with E-state index in [2.05, 4.69) is 10.5 Å². The molecule has 0 saturated heterocycles. The molecule has 2 aromatic rings. The van der Waals surface area contributed by atoms with Crippen LogP contribution in [-0.4, -0.2) is 11.0 Å². The Bertz CT molecular complexity index is 644. The van der Waals surface area contributed by atoms with Crippen LogP contribution in [-0.2, 0) is 13.1 Å². The molecule has 110 valence electrons. The molecule has 0 heterocycles. The predicted molar refractivity (Wildman–Crippen MR) is 80.9 cm³/mol. The largest absolute Gasteiger partial charge is 0.409 e. The number of halogens is 2. The van der Waals surface area contributed by atoms with Gasteiger partial charge in [-0.25, -0.2) is 4.39 Å². The molecule has 0 aliphatic carbocycles. The van der Waals surface area contributed by atoms with Gasteiger partial charge in [-0.3, -0.25) is 0 Å². The van der Waals surface area contributed by atoms with E-state index in [1.54, 1.807) is 24.3 Å². The SMILES string of the molecule is N/C(=N/O)c1cccc(CNCc2ccc(Cl)cc2)c1F. The monoisotopic (exact) mass is 307 g/mol. The molecule has 2 rings (SSSR count). The van der Waals surface area contributed by atoms with Crippen molar-refractivity contribution in [3.63, 3.8) is 0 Å². The summed E-state index contributed by atoms with van der Waals surface area (Å²) in [5, 5.41) is 15.3. The highest BCUT2D eigenvalue weighted by Gasteiger charge is 2.11. The van der Waals surface area contributed by atoms with E-state index in [0.29, 0.717) is 23.7 Å². The first kappa shape index (κ1) is 15.3. The molecule has 4 nitrogen and oxygen atoms in total. The number of hydrogen-bond acceptors (Lipinski definition) is 3. The van der Waals surface area contributed by atoms with E-state index in [-0.39, 0.29) is 11.4 Å². The summed E-state index contributed by atoms with van der Waals surface area (Å²) in [6.45, 7) is 0.922. The van der Waals surface area contributed by atoms with Crippen molar-refractivity contribution in [1.29, 1.82) is 0 Å². The summed E-state index contributed by atoms with van der Waals surface area (Å²) >= 11 is 5.81. The van der Waals surface area contributed by atoms with Crippen LogP contribution in [0.3, 0.4) is 0 Å². The molecule has 0 saturated carbocycles. The first-order chi connectivity index (χ1) is 10.1. The lowest BCUT2D eigenvalue weighted by Gasteiger charge is -2.09. The Kier molecular flexibility index (Phi) is 5.14. The summed E-state index contributed by atoms with van der Waals surface area (Å²) in [6.07, 6.45) is 0. The van der Waals surface area contributed by atoms with E-state index in [9.17, 15) is 4.39 Å². The highest BCUT2D eigenvalue weighted by Crippen LogP contribution is 2.13. The van der Waals surface area contributed by atoms with E-state index in [1.165, 1.54) is 6.07 Å². The van der Waals surface area contributed by atoms with E-state index >= 15 is 0 Å². The zero-order valence-electron chi connectivity index (χ0n) is 11.2. The second-order valence-corrected chi connectivity index (χ2v) is 4.93. The molecular weight excluding hydrogens is 293 g/mol. The van der Waals surface area contributed by atoms with Gasteiger partial charge < -0.3 is 16.3 Å². The molecule has 0 amide bonds. The van der Waals surface area contributed by atoms with Crippen molar-refractivity contribution < 1.29 is 9.60 Å². The van der Waals surface area contributed by atoms with Gasteiger partial charge in [-0.05, 0) is 23.8 Å². The van der Waals surface area contributed by atoms with Crippen molar-refractivity contribution in [3.05, 3.63) is 70.0 Å². The van der Waals surface area contributed by atoms with E-state index < -0.39 is 5.82 Å². The van der Waals surface area contributed by atoms with Gasteiger partial charge in [0, 0.05) is 23.7 Å². The lowest BCUT2D eigenvalue weighted by molar-refractivity contribution is 0.318. The van der Waals surface area contributed by atoms with Crippen molar-refractivity contribution >= 4 is 17.4 Å². The van der Waals surface area contributed by atoms with Crippen LogP contribution in [0.4, 0.5) is 4.39 Å². The number of amidine groups is 1. The van der Waals surface area contributed by atoms with Gasteiger partial charge in [-0.1, -0.05) is 41.0 Å². The molecule has 2 aromatic carbocycles. The zero-order valence-corrected chi connectivity index (χ0v) is 11.9. The molecule has 0 aliphatic rings. The number of oxime groups is 1. The van der Waals surface area contributed by atoms with Crippen LogP contribution in [0, 0.1) is 5.82 Å². The fraction of sp³-hybridized carbons (Fsp3) is 0.133. The van der Waals surface area contributed by atoms with Crippen LogP contribution < -0.4 is 11.1 Å². The van der Waals surface area contributed by atoms with Crippen LogP contribution >= 0.6 is 11.6 Å². The molecule has 6 heteroatoms. The number of nitrogens with two attached hydrogens (primary N) is 1.